The second-order valence-electron chi connectivity index (χ2n) is 4.31. The average Bonchev–Trinajstić information content (AvgIpc) is 2.19. The van der Waals surface area contributed by atoms with Gasteiger partial charge in [-0.3, -0.25) is 9.36 Å². The topological polar surface area (TPSA) is 77.8 Å². The summed E-state index contributed by atoms with van der Waals surface area (Å²) >= 11 is 0. The maximum Gasteiger partial charge on any atom is 0.325 e. The second kappa shape index (κ2) is 7.64. The van der Waals surface area contributed by atoms with E-state index in [0.717, 1.165) is 19.3 Å². The summed E-state index contributed by atoms with van der Waals surface area (Å²) in [5.41, 5.74) is 0.522. The molecule has 0 aromatic rings. The van der Waals surface area contributed by atoms with Gasteiger partial charge in [-0.15, -0.1) is 0 Å². The molecule has 0 aliphatic rings. The first-order valence-electron chi connectivity index (χ1n) is 5.69. The summed E-state index contributed by atoms with van der Waals surface area (Å²) < 4.78 is 10.6. The zero-order chi connectivity index (χ0) is 13.5. The largest absolute Gasteiger partial charge is 0.342 e. The second-order valence-corrected chi connectivity index (χ2v) is 6.09. The Kier molecular flexibility index (Phi) is 7.35. The predicted octanol–water partition coefficient (Wildman–Crippen LogP) is 1.76. The van der Waals surface area contributed by atoms with E-state index in [2.05, 4.69) is 6.58 Å². The van der Waals surface area contributed by atoms with Gasteiger partial charge in [0, 0.05) is 25.3 Å². The van der Waals surface area contributed by atoms with Crippen molar-refractivity contribution in [2.75, 3.05) is 19.8 Å². The summed E-state index contributed by atoms with van der Waals surface area (Å²) in [5, 5.41) is 0. The lowest BCUT2D eigenvalue weighted by Gasteiger charge is -2.16. The van der Waals surface area contributed by atoms with Gasteiger partial charge in [0.1, 0.15) is 0 Å². The van der Waals surface area contributed by atoms with Crippen molar-refractivity contribution in [1.82, 2.24) is 4.90 Å². The molecule has 1 amide bonds. The van der Waals surface area contributed by atoms with Crippen LogP contribution >= 0.6 is 7.60 Å². The number of carbonyl (C=O) groups excluding carboxylic acids is 1. The Morgan fingerprint density at radius 1 is 1.24 bits per heavy atom. The molecule has 100 valence electrons. The number of hydrogen-bond acceptors (Lipinski definition) is 2. The lowest BCUT2D eigenvalue weighted by molar-refractivity contribution is -0.125. The maximum absolute atomic E-state index is 11.4. The van der Waals surface area contributed by atoms with Crippen LogP contribution in [0.5, 0.6) is 0 Å². The fraction of sp³-hybridized carbons (Fsp3) is 0.727. The Labute approximate surface area is 103 Å². The van der Waals surface area contributed by atoms with E-state index in [9.17, 15) is 9.36 Å². The molecule has 2 N–H and O–H groups in total. The SMILES string of the molecule is C=C(C)C(=O)N(C)CCCCCCP(=O)(O)O. The van der Waals surface area contributed by atoms with Crippen LogP contribution < -0.4 is 0 Å². The zero-order valence-corrected chi connectivity index (χ0v) is 11.4. The molecule has 5 nitrogen and oxygen atoms in total. The number of nitrogens with zero attached hydrogens (tertiary/aromatic N) is 1. The molecule has 0 saturated carbocycles. The van der Waals surface area contributed by atoms with Crippen LogP contribution in [0, 0.1) is 0 Å². The molecule has 0 atom stereocenters. The van der Waals surface area contributed by atoms with Crippen LogP contribution in [-0.4, -0.2) is 40.3 Å². The summed E-state index contributed by atoms with van der Waals surface area (Å²) in [5.74, 6) is -0.0554. The van der Waals surface area contributed by atoms with Crippen molar-refractivity contribution in [3.05, 3.63) is 12.2 Å². The first-order valence-corrected chi connectivity index (χ1v) is 7.49. The molecule has 17 heavy (non-hydrogen) atoms. The van der Waals surface area contributed by atoms with E-state index < -0.39 is 7.60 Å². The molecular formula is C11H22NO4P. The maximum atomic E-state index is 11.4. The van der Waals surface area contributed by atoms with Crippen molar-refractivity contribution in [1.29, 1.82) is 0 Å². The van der Waals surface area contributed by atoms with Gasteiger partial charge in [0.15, 0.2) is 0 Å². The first kappa shape index (κ1) is 16.4. The molecule has 0 saturated heterocycles. The van der Waals surface area contributed by atoms with Crippen molar-refractivity contribution >= 4 is 13.5 Å². The summed E-state index contributed by atoms with van der Waals surface area (Å²) in [6.07, 6.45) is 2.97. The molecule has 0 aromatic heterocycles. The lowest BCUT2D eigenvalue weighted by atomic mass is 10.2. The highest BCUT2D eigenvalue weighted by molar-refractivity contribution is 7.51. The highest BCUT2D eigenvalue weighted by Gasteiger charge is 2.11. The highest BCUT2D eigenvalue weighted by atomic mass is 31.2. The number of unbranched alkanes of at least 4 members (excludes halogenated alkanes) is 3. The monoisotopic (exact) mass is 263 g/mol. The smallest absolute Gasteiger partial charge is 0.325 e. The molecule has 0 fully saturated rings. The molecule has 0 spiro atoms. The molecule has 6 heteroatoms. The van der Waals surface area contributed by atoms with E-state index in [1.807, 2.05) is 0 Å². The molecule has 0 rings (SSSR count). The number of likely N-dealkylation sites (N-methyl/N-ethyl adjacent to an activating group) is 1. The summed E-state index contributed by atoms with van der Waals surface area (Å²) in [7, 11) is -2.11. The minimum atomic E-state index is -3.84. The quantitative estimate of drug-likeness (QED) is 0.397. The third-order valence-electron chi connectivity index (χ3n) is 2.40. The first-order chi connectivity index (χ1) is 7.74. The fourth-order valence-corrected chi connectivity index (χ4v) is 2.08. The van der Waals surface area contributed by atoms with Crippen LogP contribution in [0.25, 0.3) is 0 Å². The van der Waals surface area contributed by atoms with Crippen molar-refractivity contribution in [3.8, 4) is 0 Å². The normalized spacial score (nSPS) is 11.3. The van der Waals surface area contributed by atoms with Crippen molar-refractivity contribution in [2.24, 2.45) is 0 Å². The van der Waals surface area contributed by atoms with Crippen molar-refractivity contribution < 1.29 is 19.1 Å². The van der Waals surface area contributed by atoms with E-state index in [-0.39, 0.29) is 12.1 Å². The van der Waals surface area contributed by atoms with Gasteiger partial charge in [0.2, 0.25) is 5.91 Å². The third kappa shape index (κ3) is 9.10. The fourth-order valence-electron chi connectivity index (χ4n) is 1.45. The molecule has 0 radical (unpaired) electrons. The number of carbonyl (C=O) groups is 1. The standard InChI is InChI=1S/C11H22NO4P/c1-10(2)11(13)12(3)8-6-4-5-7-9-17(14,15)16/h1,4-9H2,2-3H3,(H2,14,15,16). The number of hydrogen-bond donors (Lipinski definition) is 2. The van der Waals surface area contributed by atoms with Gasteiger partial charge in [-0.05, 0) is 19.8 Å². The molecule has 0 aliphatic carbocycles. The molecule has 0 unspecified atom stereocenters. The van der Waals surface area contributed by atoms with Gasteiger partial charge in [-0.25, -0.2) is 0 Å². The van der Waals surface area contributed by atoms with Crippen LogP contribution in [0.15, 0.2) is 12.2 Å². The third-order valence-corrected chi connectivity index (χ3v) is 3.30. The van der Waals surface area contributed by atoms with E-state index in [1.165, 1.54) is 0 Å². The Balaban J connectivity index is 3.56. The van der Waals surface area contributed by atoms with E-state index in [4.69, 9.17) is 9.79 Å². The van der Waals surface area contributed by atoms with E-state index in [0.29, 0.717) is 18.5 Å². The van der Waals surface area contributed by atoms with Crippen LogP contribution in [0.1, 0.15) is 32.6 Å². The number of amides is 1. The Morgan fingerprint density at radius 3 is 2.24 bits per heavy atom. The van der Waals surface area contributed by atoms with E-state index in [1.54, 1.807) is 18.9 Å². The average molecular weight is 263 g/mol. The molecule has 0 aliphatic heterocycles. The van der Waals surface area contributed by atoms with Gasteiger partial charge in [0.25, 0.3) is 0 Å². The Bertz CT molecular complexity index is 311. The van der Waals surface area contributed by atoms with Gasteiger partial charge < -0.3 is 14.7 Å². The van der Waals surface area contributed by atoms with Crippen molar-refractivity contribution in [3.63, 3.8) is 0 Å². The Hall–Kier alpha value is -0.640. The van der Waals surface area contributed by atoms with Crippen LogP contribution in [0.4, 0.5) is 0 Å². The molecular weight excluding hydrogens is 241 g/mol. The summed E-state index contributed by atoms with van der Waals surface area (Å²) in [4.78, 5) is 30.3. The minimum Gasteiger partial charge on any atom is -0.342 e. The summed E-state index contributed by atoms with van der Waals surface area (Å²) in [6.45, 7) is 5.92. The van der Waals surface area contributed by atoms with Crippen LogP contribution in [-0.2, 0) is 9.36 Å². The van der Waals surface area contributed by atoms with Gasteiger partial charge in [-0.2, -0.15) is 0 Å². The molecule has 0 heterocycles. The number of rotatable bonds is 8. The van der Waals surface area contributed by atoms with Gasteiger partial charge >= 0.3 is 7.60 Å². The van der Waals surface area contributed by atoms with E-state index >= 15 is 0 Å². The van der Waals surface area contributed by atoms with Gasteiger partial charge in [-0.1, -0.05) is 19.4 Å². The zero-order valence-electron chi connectivity index (χ0n) is 10.6. The van der Waals surface area contributed by atoms with Crippen LogP contribution in [0.2, 0.25) is 0 Å². The highest BCUT2D eigenvalue weighted by Crippen LogP contribution is 2.35. The van der Waals surface area contributed by atoms with Crippen molar-refractivity contribution in [2.45, 2.75) is 32.6 Å². The summed E-state index contributed by atoms with van der Waals surface area (Å²) in [6, 6.07) is 0. The van der Waals surface area contributed by atoms with Gasteiger partial charge in [0.05, 0.1) is 0 Å². The Morgan fingerprint density at radius 2 is 1.76 bits per heavy atom. The lowest BCUT2D eigenvalue weighted by Crippen LogP contribution is -2.27. The predicted molar refractivity (Wildman–Crippen MR) is 67.8 cm³/mol. The minimum absolute atomic E-state index is 0.0481. The van der Waals surface area contributed by atoms with Crippen LogP contribution in [0.3, 0.4) is 0 Å². The molecule has 0 bridgehead atoms. The molecule has 0 aromatic carbocycles.